The van der Waals surface area contributed by atoms with Gasteiger partial charge in [0.15, 0.2) is 9.84 Å². The molecule has 0 spiro atoms. The van der Waals surface area contributed by atoms with E-state index in [0.29, 0.717) is 16.5 Å². The highest BCUT2D eigenvalue weighted by molar-refractivity contribution is 7.91. The number of sulfone groups is 1. The van der Waals surface area contributed by atoms with E-state index in [4.69, 9.17) is 16.3 Å². The van der Waals surface area contributed by atoms with Gasteiger partial charge in [-0.05, 0) is 38.1 Å². The summed E-state index contributed by atoms with van der Waals surface area (Å²) in [5.74, 6) is 0.119. The van der Waals surface area contributed by atoms with Crippen LogP contribution in [0.2, 0.25) is 5.02 Å². The van der Waals surface area contributed by atoms with Crippen LogP contribution in [-0.4, -0.2) is 50.9 Å². The van der Waals surface area contributed by atoms with Crippen molar-refractivity contribution in [3.8, 4) is 0 Å². The lowest BCUT2D eigenvalue weighted by atomic mass is 10.2. The molecule has 6 heteroatoms. The van der Waals surface area contributed by atoms with E-state index < -0.39 is 9.84 Å². The molecule has 20 heavy (non-hydrogen) atoms. The molecule has 0 radical (unpaired) electrons. The number of benzene rings is 1. The van der Waals surface area contributed by atoms with Crippen molar-refractivity contribution < 1.29 is 13.2 Å². The molecule has 112 valence electrons. The van der Waals surface area contributed by atoms with Gasteiger partial charge in [0, 0.05) is 24.7 Å². The molecule has 1 heterocycles. The summed E-state index contributed by atoms with van der Waals surface area (Å²) in [5.41, 5.74) is 0. The van der Waals surface area contributed by atoms with Crippen LogP contribution < -0.4 is 0 Å². The van der Waals surface area contributed by atoms with Crippen LogP contribution in [0, 0.1) is 0 Å². The fourth-order valence-electron chi connectivity index (χ4n) is 2.48. The van der Waals surface area contributed by atoms with E-state index in [2.05, 4.69) is 4.90 Å². The van der Waals surface area contributed by atoms with Gasteiger partial charge >= 0.3 is 0 Å². The summed E-state index contributed by atoms with van der Waals surface area (Å²) in [4.78, 5) is 2.48. The summed E-state index contributed by atoms with van der Waals surface area (Å²) in [7, 11) is -3.25. The normalized spacial score (nSPS) is 24.8. The van der Waals surface area contributed by atoms with Crippen LogP contribution in [0.25, 0.3) is 0 Å². The van der Waals surface area contributed by atoms with Gasteiger partial charge in [0.25, 0.3) is 0 Å². The number of halogens is 1. The minimum Gasteiger partial charge on any atom is -0.373 e. The van der Waals surface area contributed by atoms with E-state index in [0.717, 1.165) is 13.1 Å². The maximum absolute atomic E-state index is 12.2. The van der Waals surface area contributed by atoms with Crippen LogP contribution in [0.15, 0.2) is 29.2 Å². The molecule has 0 saturated carbocycles. The average molecular weight is 318 g/mol. The third kappa shape index (κ3) is 4.19. The summed E-state index contributed by atoms with van der Waals surface area (Å²) in [6, 6.07) is 6.32. The highest BCUT2D eigenvalue weighted by Crippen LogP contribution is 2.16. The number of hydrogen-bond acceptors (Lipinski definition) is 4. The van der Waals surface area contributed by atoms with Crippen molar-refractivity contribution in [3.05, 3.63) is 29.3 Å². The van der Waals surface area contributed by atoms with Crippen molar-refractivity contribution in [2.75, 3.05) is 25.4 Å². The van der Waals surface area contributed by atoms with Crippen molar-refractivity contribution >= 4 is 21.4 Å². The van der Waals surface area contributed by atoms with E-state index in [9.17, 15) is 8.42 Å². The lowest BCUT2D eigenvalue weighted by Crippen LogP contribution is -2.46. The van der Waals surface area contributed by atoms with Gasteiger partial charge < -0.3 is 4.74 Å². The quantitative estimate of drug-likeness (QED) is 0.854. The molecule has 0 N–H and O–H groups in total. The maximum atomic E-state index is 12.2. The van der Waals surface area contributed by atoms with Crippen molar-refractivity contribution in [2.45, 2.75) is 31.0 Å². The molecule has 0 bridgehead atoms. The monoisotopic (exact) mass is 317 g/mol. The van der Waals surface area contributed by atoms with E-state index in [1.807, 2.05) is 13.8 Å². The summed E-state index contributed by atoms with van der Waals surface area (Å²) in [6.45, 7) is 6.11. The summed E-state index contributed by atoms with van der Waals surface area (Å²) in [6.07, 6.45) is 0.300. The number of nitrogens with zero attached hydrogens (tertiary/aromatic N) is 1. The molecule has 2 unspecified atom stereocenters. The fourth-order valence-corrected chi connectivity index (χ4v) is 3.89. The predicted molar refractivity (Wildman–Crippen MR) is 80.0 cm³/mol. The molecule has 0 amide bonds. The van der Waals surface area contributed by atoms with Gasteiger partial charge in [-0.15, -0.1) is 0 Å². The van der Waals surface area contributed by atoms with Gasteiger partial charge in [-0.2, -0.15) is 0 Å². The summed E-state index contributed by atoms with van der Waals surface area (Å²) in [5, 5.41) is 0.541. The Bertz CT molecular complexity index is 534. The molecule has 2 rings (SSSR count). The molecular weight excluding hydrogens is 298 g/mol. The fraction of sp³-hybridized carbons (Fsp3) is 0.571. The van der Waals surface area contributed by atoms with Gasteiger partial charge in [0.05, 0.1) is 22.9 Å². The molecule has 4 nitrogen and oxygen atoms in total. The predicted octanol–water partition coefficient (Wildman–Crippen LogP) is 2.22. The second kappa shape index (κ2) is 6.43. The van der Waals surface area contributed by atoms with Gasteiger partial charge in [0.2, 0.25) is 0 Å². The first kappa shape index (κ1) is 15.8. The number of hydrogen-bond donors (Lipinski definition) is 0. The Morgan fingerprint density at radius 2 is 1.75 bits per heavy atom. The van der Waals surface area contributed by atoms with Crippen LogP contribution >= 0.6 is 11.6 Å². The maximum Gasteiger partial charge on any atom is 0.179 e. The highest BCUT2D eigenvalue weighted by Gasteiger charge is 2.24. The van der Waals surface area contributed by atoms with Gasteiger partial charge in [0.1, 0.15) is 0 Å². The lowest BCUT2D eigenvalue weighted by molar-refractivity contribution is -0.0662. The van der Waals surface area contributed by atoms with Crippen molar-refractivity contribution in [1.29, 1.82) is 0 Å². The van der Waals surface area contributed by atoms with Crippen LogP contribution in [-0.2, 0) is 14.6 Å². The van der Waals surface area contributed by atoms with Gasteiger partial charge in [-0.25, -0.2) is 8.42 Å². The third-order valence-electron chi connectivity index (χ3n) is 3.34. The molecule has 1 aromatic rings. The molecule has 1 fully saturated rings. The Labute approximate surface area is 125 Å². The molecule has 1 aliphatic heterocycles. The zero-order valence-electron chi connectivity index (χ0n) is 11.8. The SMILES string of the molecule is CC1CN(CCS(=O)(=O)c2ccc(Cl)cc2)CC(C)O1. The van der Waals surface area contributed by atoms with Gasteiger partial charge in [-0.3, -0.25) is 4.90 Å². The minimum atomic E-state index is -3.25. The first-order valence-corrected chi connectivity index (χ1v) is 8.76. The van der Waals surface area contributed by atoms with Gasteiger partial charge in [-0.1, -0.05) is 11.6 Å². The first-order chi connectivity index (χ1) is 9.37. The first-order valence-electron chi connectivity index (χ1n) is 6.73. The summed E-state index contributed by atoms with van der Waals surface area (Å²) >= 11 is 5.78. The van der Waals surface area contributed by atoms with Crippen LogP contribution in [0.5, 0.6) is 0 Å². The summed E-state index contributed by atoms with van der Waals surface area (Å²) < 4.78 is 30.1. The van der Waals surface area contributed by atoms with Crippen molar-refractivity contribution in [2.24, 2.45) is 0 Å². The zero-order chi connectivity index (χ0) is 14.8. The van der Waals surface area contributed by atoms with Crippen LogP contribution in [0.3, 0.4) is 0 Å². The van der Waals surface area contributed by atoms with E-state index in [-0.39, 0.29) is 18.0 Å². The highest BCUT2D eigenvalue weighted by atomic mass is 35.5. The van der Waals surface area contributed by atoms with E-state index in [1.54, 1.807) is 24.3 Å². The molecule has 0 aromatic heterocycles. The van der Waals surface area contributed by atoms with E-state index in [1.165, 1.54) is 0 Å². The molecule has 1 aliphatic rings. The number of ether oxygens (including phenoxy) is 1. The Morgan fingerprint density at radius 1 is 1.20 bits per heavy atom. The minimum absolute atomic E-state index is 0.119. The Morgan fingerprint density at radius 3 is 2.30 bits per heavy atom. The van der Waals surface area contributed by atoms with E-state index >= 15 is 0 Å². The topological polar surface area (TPSA) is 46.6 Å². The Kier molecular flexibility index (Phi) is 5.07. The third-order valence-corrected chi connectivity index (χ3v) is 5.31. The smallest absolute Gasteiger partial charge is 0.179 e. The largest absolute Gasteiger partial charge is 0.373 e. The number of rotatable bonds is 4. The second-order valence-corrected chi connectivity index (χ2v) is 7.84. The lowest BCUT2D eigenvalue weighted by Gasteiger charge is -2.35. The standard InChI is InChI=1S/C14H20ClNO3S/c1-11-9-16(10-12(2)19-11)7-8-20(17,18)14-5-3-13(15)4-6-14/h3-6,11-12H,7-10H2,1-2H3. The molecule has 0 aliphatic carbocycles. The molecular formula is C14H20ClNO3S. The zero-order valence-corrected chi connectivity index (χ0v) is 13.3. The number of morpholine rings is 1. The van der Waals surface area contributed by atoms with Crippen molar-refractivity contribution in [3.63, 3.8) is 0 Å². The van der Waals surface area contributed by atoms with Crippen LogP contribution in [0.4, 0.5) is 0 Å². The average Bonchev–Trinajstić information content (AvgIpc) is 2.36. The molecule has 2 atom stereocenters. The van der Waals surface area contributed by atoms with Crippen molar-refractivity contribution in [1.82, 2.24) is 4.90 Å². The second-order valence-electron chi connectivity index (χ2n) is 5.29. The van der Waals surface area contributed by atoms with Crippen LogP contribution in [0.1, 0.15) is 13.8 Å². The molecule has 1 saturated heterocycles. The Hall–Kier alpha value is -0.620. The molecule has 1 aromatic carbocycles. The Balaban J connectivity index is 1.97.